The molecular formula is C13H14N4. The zero-order chi connectivity index (χ0) is 11.8. The molecule has 2 N–H and O–H groups in total. The molecular weight excluding hydrogens is 212 g/mol. The Kier molecular flexibility index (Phi) is 2.21. The summed E-state index contributed by atoms with van der Waals surface area (Å²) in [6.07, 6.45) is 3.80. The minimum absolute atomic E-state index is 0.202. The van der Waals surface area contributed by atoms with Gasteiger partial charge in [-0.05, 0) is 5.39 Å². The van der Waals surface area contributed by atoms with E-state index in [0.29, 0.717) is 12.5 Å². The van der Waals surface area contributed by atoms with Crippen molar-refractivity contribution in [2.75, 3.05) is 13.6 Å². The van der Waals surface area contributed by atoms with Gasteiger partial charge in [-0.3, -0.25) is 9.98 Å². The third kappa shape index (κ3) is 1.53. The van der Waals surface area contributed by atoms with E-state index in [1.807, 2.05) is 36.5 Å². The van der Waals surface area contributed by atoms with Crippen molar-refractivity contribution in [2.45, 2.75) is 6.04 Å². The molecule has 0 saturated heterocycles. The fourth-order valence-electron chi connectivity index (χ4n) is 2.29. The molecule has 0 fully saturated rings. The first-order valence-electron chi connectivity index (χ1n) is 5.63. The number of hydrogen-bond donors (Lipinski definition) is 1. The molecule has 2 heterocycles. The van der Waals surface area contributed by atoms with E-state index in [2.05, 4.69) is 22.1 Å². The minimum Gasteiger partial charge on any atom is -0.370 e. The third-order valence-electron chi connectivity index (χ3n) is 3.31. The van der Waals surface area contributed by atoms with Gasteiger partial charge in [0.05, 0.1) is 12.6 Å². The Morgan fingerprint density at radius 2 is 2.12 bits per heavy atom. The van der Waals surface area contributed by atoms with E-state index in [1.165, 1.54) is 10.9 Å². The van der Waals surface area contributed by atoms with Crippen molar-refractivity contribution in [1.29, 1.82) is 0 Å². The molecule has 1 atom stereocenters. The second-order valence-electron chi connectivity index (χ2n) is 4.28. The topological polar surface area (TPSA) is 54.5 Å². The first-order valence-corrected chi connectivity index (χ1v) is 5.63. The summed E-state index contributed by atoms with van der Waals surface area (Å²) >= 11 is 0. The van der Waals surface area contributed by atoms with E-state index in [-0.39, 0.29) is 6.04 Å². The Morgan fingerprint density at radius 3 is 2.88 bits per heavy atom. The predicted molar refractivity (Wildman–Crippen MR) is 68.7 cm³/mol. The zero-order valence-electron chi connectivity index (χ0n) is 9.67. The molecule has 4 nitrogen and oxygen atoms in total. The molecule has 1 unspecified atom stereocenters. The molecule has 2 aromatic rings. The first kappa shape index (κ1) is 10.1. The standard InChI is InChI=1S/C13H14N4/c1-17-12(8-16-13(17)14)11-7-15-6-9-4-2-3-5-10(9)11/h2-7,12H,8H2,1H3,(H2,14,16). The van der Waals surface area contributed by atoms with Crippen molar-refractivity contribution in [3.8, 4) is 0 Å². The van der Waals surface area contributed by atoms with E-state index >= 15 is 0 Å². The molecule has 0 bridgehead atoms. The fourth-order valence-corrected chi connectivity index (χ4v) is 2.29. The van der Waals surface area contributed by atoms with Crippen LogP contribution in [0.4, 0.5) is 0 Å². The first-order chi connectivity index (χ1) is 8.27. The number of pyridine rings is 1. The molecule has 0 saturated carbocycles. The molecule has 0 aliphatic carbocycles. The van der Waals surface area contributed by atoms with Crippen LogP contribution in [0.2, 0.25) is 0 Å². The summed E-state index contributed by atoms with van der Waals surface area (Å²) in [5.74, 6) is 0.600. The summed E-state index contributed by atoms with van der Waals surface area (Å²) in [5, 5.41) is 2.38. The summed E-state index contributed by atoms with van der Waals surface area (Å²) in [6, 6.07) is 8.47. The van der Waals surface area contributed by atoms with Crippen LogP contribution in [0, 0.1) is 0 Å². The molecule has 1 aliphatic heterocycles. The maximum Gasteiger partial charge on any atom is 0.191 e. The van der Waals surface area contributed by atoms with E-state index in [4.69, 9.17) is 5.73 Å². The number of fused-ring (bicyclic) bond motifs is 1. The number of guanidine groups is 1. The van der Waals surface area contributed by atoms with Gasteiger partial charge in [-0.1, -0.05) is 24.3 Å². The summed E-state index contributed by atoms with van der Waals surface area (Å²) in [4.78, 5) is 10.6. The molecule has 86 valence electrons. The lowest BCUT2D eigenvalue weighted by Crippen LogP contribution is -2.32. The lowest BCUT2D eigenvalue weighted by molar-refractivity contribution is 0.415. The molecule has 0 radical (unpaired) electrons. The van der Waals surface area contributed by atoms with Crippen molar-refractivity contribution >= 4 is 16.7 Å². The van der Waals surface area contributed by atoms with Gasteiger partial charge in [0.25, 0.3) is 0 Å². The van der Waals surface area contributed by atoms with Crippen LogP contribution in [0.15, 0.2) is 41.7 Å². The van der Waals surface area contributed by atoms with E-state index in [0.717, 1.165) is 5.39 Å². The third-order valence-corrected chi connectivity index (χ3v) is 3.31. The van der Waals surface area contributed by atoms with Gasteiger partial charge in [-0.25, -0.2) is 0 Å². The molecule has 1 aromatic heterocycles. The van der Waals surface area contributed by atoms with Crippen LogP contribution in [0.25, 0.3) is 10.8 Å². The van der Waals surface area contributed by atoms with Gasteiger partial charge in [0.1, 0.15) is 0 Å². The van der Waals surface area contributed by atoms with E-state index < -0.39 is 0 Å². The number of likely N-dealkylation sites (N-methyl/N-ethyl adjacent to an activating group) is 1. The normalized spacial score (nSPS) is 19.7. The number of aromatic nitrogens is 1. The average molecular weight is 226 g/mol. The van der Waals surface area contributed by atoms with Gasteiger partial charge in [0, 0.05) is 30.4 Å². The monoisotopic (exact) mass is 226 g/mol. The highest BCUT2D eigenvalue weighted by molar-refractivity contribution is 5.87. The molecule has 3 rings (SSSR count). The van der Waals surface area contributed by atoms with E-state index in [9.17, 15) is 0 Å². The highest BCUT2D eigenvalue weighted by atomic mass is 15.3. The molecule has 1 aliphatic rings. The number of rotatable bonds is 1. The Bertz CT molecular complexity index is 585. The van der Waals surface area contributed by atoms with Gasteiger partial charge in [-0.15, -0.1) is 0 Å². The highest BCUT2D eigenvalue weighted by Gasteiger charge is 2.25. The molecule has 4 heteroatoms. The minimum atomic E-state index is 0.202. The number of nitrogens with zero attached hydrogens (tertiary/aromatic N) is 3. The largest absolute Gasteiger partial charge is 0.370 e. The number of aliphatic imine (C=N–C) groups is 1. The van der Waals surface area contributed by atoms with Crippen molar-refractivity contribution in [3.05, 3.63) is 42.2 Å². The Hall–Kier alpha value is -2.10. The quantitative estimate of drug-likeness (QED) is 0.802. The number of hydrogen-bond acceptors (Lipinski definition) is 4. The van der Waals surface area contributed by atoms with Crippen molar-refractivity contribution in [1.82, 2.24) is 9.88 Å². The zero-order valence-corrected chi connectivity index (χ0v) is 9.67. The lowest BCUT2D eigenvalue weighted by Gasteiger charge is -2.22. The Balaban J connectivity index is 2.13. The molecule has 0 spiro atoms. The van der Waals surface area contributed by atoms with Crippen LogP contribution < -0.4 is 5.73 Å². The van der Waals surface area contributed by atoms with Crippen LogP contribution in [-0.2, 0) is 0 Å². The summed E-state index contributed by atoms with van der Waals surface area (Å²) < 4.78 is 0. The number of benzene rings is 1. The van der Waals surface area contributed by atoms with Gasteiger partial charge < -0.3 is 10.6 Å². The second-order valence-corrected chi connectivity index (χ2v) is 4.28. The smallest absolute Gasteiger partial charge is 0.191 e. The van der Waals surface area contributed by atoms with Crippen molar-refractivity contribution < 1.29 is 0 Å². The summed E-state index contributed by atoms with van der Waals surface area (Å²) in [5.41, 5.74) is 7.00. The van der Waals surface area contributed by atoms with Crippen LogP contribution in [0.3, 0.4) is 0 Å². The van der Waals surface area contributed by atoms with Crippen LogP contribution in [0.1, 0.15) is 11.6 Å². The second kappa shape index (κ2) is 3.73. The van der Waals surface area contributed by atoms with Crippen molar-refractivity contribution in [3.63, 3.8) is 0 Å². The molecule has 0 amide bonds. The SMILES string of the molecule is CN1C(N)=NCC1c1cncc2ccccc12. The molecule has 1 aromatic carbocycles. The molecule has 17 heavy (non-hydrogen) atoms. The van der Waals surface area contributed by atoms with Gasteiger partial charge in [0.15, 0.2) is 5.96 Å². The summed E-state index contributed by atoms with van der Waals surface area (Å²) in [6.45, 7) is 0.706. The maximum atomic E-state index is 5.81. The van der Waals surface area contributed by atoms with Gasteiger partial charge in [-0.2, -0.15) is 0 Å². The highest BCUT2D eigenvalue weighted by Crippen LogP contribution is 2.29. The van der Waals surface area contributed by atoms with Gasteiger partial charge in [0.2, 0.25) is 0 Å². The van der Waals surface area contributed by atoms with Crippen LogP contribution in [0.5, 0.6) is 0 Å². The lowest BCUT2D eigenvalue weighted by atomic mass is 10.0. The van der Waals surface area contributed by atoms with Crippen LogP contribution >= 0.6 is 0 Å². The van der Waals surface area contributed by atoms with Crippen molar-refractivity contribution in [2.24, 2.45) is 10.7 Å². The fraction of sp³-hybridized carbons (Fsp3) is 0.231. The van der Waals surface area contributed by atoms with E-state index in [1.54, 1.807) is 0 Å². The average Bonchev–Trinajstić information content (AvgIpc) is 2.69. The van der Waals surface area contributed by atoms with Crippen LogP contribution in [-0.4, -0.2) is 29.4 Å². The maximum absolute atomic E-state index is 5.81. The Morgan fingerprint density at radius 1 is 1.29 bits per heavy atom. The van der Waals surface area contributed by atoms with Gasteiger partial charge >= 0.3 is 0 Å². The number of nitrogens with two attached hydrogens (primary N) is 1. The Labute approximate surface area is 99.8 Å². The summed E-state index contributed by atoms with van der Waals surface area (Å²) in [7, 11) is 1.97. The predicted octanol–water partition coefficient (Wildman–Crippen LogP) is 1.54.